The summed E-state index contributed by atoms with van der Waals surface area (Å²) in [5, 5.41) is 9.56. The van der Waals surface area contributed by atoms with Gasteiger partial charge >= 0.3 is 6.18 Å². The summed E-state index contributed by atoms with van der Waals surface area (Å²) in [6.45, 7) is 2.44. The molecule has 0 radical (unpaired) electrons. The van der Waals surface area contributed by atoms with E-state index in [1.54, 1.807) is 0 Å². The average molecular weight is 301 g/mol. The molecule has 0 aliphatic heterocycles. The zero-order valence-electron chi connectivity index (χ0n) is 8.49. The van der Waals surface area contributed by atoms with Crippen LogP contribution in [0.2, 0.25) is 0 Å². The van der Waals surface area contributed by atoms with E-state index in [4.69, 9.17) is 0 Å². The van der Waals surface area contributed by atoms with Gasteiger partial charge in [-0.05, 0) is 26.0 Å². The molecule has 90 valence electrons. The molecule has 16 heavy (non-hydrogen) atoms. The highest BCUT2D eigenvalue weighted by Crippen LogP contribution is 2.37. The fourth-order valence-electron chi connectivity index (χ4n) is 1.24. The third kappa shape index (κ3) is 2.74. The quantitative estimate of drug-likeness (QED) is 0.782. The van der Waals surface area contributed by atoms with Gasteiger partial charge in [-0.3, -0.25) is 0 Å². The summed E-state index contributed by atoms with van der Waals surface area (Å²) in [5.41, 5.74) is -3.46. The maximum Gasteiger partial charge on any atom is 0.419 e. The van der Waals surface area contributed by atoms with Crippen molar-refractivity contribution in [2.45, 2.75) is 25.6 Å². The average Bonchev–Trinajstić information content (AvgIpc) is 2.04. The second-order valence-corrected chi connectivity index (χ2v) is 4.79. The van der Waals surface area contributed by atoms with Crippen LogP contribution in [-0.4, -0.2) is 5.11 Å². The summed E-state index contributed by atoms with van der Waals surface area (Å²) < 4.78 is 51.0. The van der Waals surface area contributed by atoms with Crippen molar-refractivity contribution in [1.82, 2.24) is 0 Å². The largest absolute Gasteiger partial charge is 0.419 e. The number of halogens is 5. The molecule has 0 aliphatic rings. The Bertz CT molecular complexity index is 371. The molecule has 0 bridgehead atoms. The molecule has 0 atom stereocenters. The van der Waals surface area contributed by atoms with Gasteiger partial charge < -0.3 is 5.11 Å². The van der Waals surface area contributed by atoms with E-state index in [9.17, 15) is 22.7 Å². The van der Waals surface area contributed by atoms with E-state index in [1.807, 2.05) is 0 Å². The summed E-state index contributed by atoms with van der Waals surface area (Å²) in [5.74, 6) is -1.44. The Morgan fingerprint density at radius 2 is 1.56 bits per heavy atom. The molecule has 0 unspecified atom stereocenters. The molecule has 0 saturated heterocycles. The van der Waals surface area contributed by atoms with Crippen LogP contribution in [0.5, 0.6) is 0 Å². The Morgan fingerprint density at radius 3 is 1.94 bits per heavy atom. The second kappa shape index (κ2) is 4.00. The van der Waals surface area contributed by atoms with Crippen molar-refractivity contribution < 1.29 is 22.7 Å². The predicted molar refractivity (Wildman–Crippen MR) is 54.3 cm³/mol. The van der Waals surface area contributed by atoms with Crippen LogP contribution < -0.4 is 0 Å². The molecule has 0 aromatic heterocycles. The third-order valence-electron chi connectivity index (χ3n) is 2.00. The third-order valence-corrected chi connectivity index (χ3v) is 2.46. The lowest BCUT2D eigenvalue weighted by atomic mass is 9.95. The highest BCUT2D eigenvalue weighted by Gasteiger charge is 2.37. The van der Waals surface area contributed by atoms with E-state index in [0.29, 0.717) is 6.07 Å². The first-order valence-corrected chi connectivity index (χ1v) is 5.12. The van der Waals surface area contributed by atoms with E-state index in [-0.39, 0.29) is 4.47 Å². The van der Waals surface area contributed by atoms with Gasteiger partial charge in [-0.2, -0.15) is 13.2 Å². The fourth-order valence-corrected chi connectivity index (χ4v) is 1.70. The van der Waals surface area contributed by atoms with E-state index >= 15 is 0 Å². The summed E-state index contributed by atoms with van der Waals surface area (Å²) in [6, 6.07) is 1.77. The molecular formula is C10H9BrF4O. The lowest BCUT2D eigenvalue weighted by molar-refractivity contribution is -0.140. The Hall–Kier alpha value is -0.620. The molecule has 1 nitrogen and oxygen atoms in total. The van der Waals surface area contributed by atoms with Crippen molar-refractivity contribution in [3.63, 3.8) is 0 Å². The van der Waals surface area contributed by atoms with Gasteiger partial charge in [0.25, 0.3) is 0 Å². The van der Waals surface area contributed by atoms with Crippen molar-refractivity contribution in [2.24, 2.45) is 0 Å². The van der Waals surface area contributed by atoms with Gasteiger partial charge in [-0.1, -0.05) is 15.9 Å². The molecule has 1 N–H and O–H groups in total. The molecule has 0 fully saturated rings. The normalized spacial score (nSPS) is 13.0. The van der Waals surface area contributed by atoms with E-state index in [2.05, 4.69) is 15.9 Å². The molecule has 1 aromatic rings. The molecule has 0 heterocycles. The van der Waals surface area contributed by atoms with Crippen molar-refractivity contribution in [3.05, 3.63) is 33.5 Å². The van der Waals surface area contributed by atoms with E-state index < -0.39 is 28.7 Å². The Kier molecular flexibility index (Phi) is 3.36. The monoisotopic (exact) mass is 300 g/mol. The topological polar surface area (TPSA) is 20.2 Å². The lowest BCUT2D eigenvalue weighted by Gasteiger charge is -2.21. The number of hydrogen-bond donors (Lipinski definition) is 1. The zero-order chi connectivity index (χ0) is 12.7. The van der Waals surface area contributed by atoms with Crippen LogP contribution in [0.15, 0.2) is 16.6 Å². The molecule has 6 heteroatoms. The maximum absolute atomic E-state index is 13.5. The summed E-state index contributed by atoms with van der Waals surface area (Å²) in [7, 11) is 0. The minimum Gasteiger partial charge on any atom is -0.386 e. The zero-order valence-corrected chi connectivity index (χ0v) is 10.1. The molecule has 0 spiro atoms. The predicted octanol–water partition coefficient (Wildman–Crippen LogP) is 3.83. The molecular weight excluding hydrogens is 292 g/mol. The Morgan fingerprint density at radius 1 is 1.12 bits per heavy atom. The minimum absolute atomic E-state index is 0.0679. The van der Waals surface area contributed by atoms with Crippen LogP contribution in [0.1, 0.15) is 25.0 Å². The minimum atomic E-state index is -4.78. The van der Waals surface area contributed by atoms with Crippen LogP contribution in [-0.2, 0) is 11.8 Å². The highest BCUT2D eigenvalue weighted by molar-refractivity contribution is 9.10. The first-order valence-electron chi connectivity index (χ1n) is 4.32. The van der Waals surface area contributed by atoms with Gasteiger partial charge in [0.2, 0.25) is 0 Å². The van der Waals surface area contributed by atoms with Gasteiger partial charge in [0.1, 0.15) is 5.82 Å². The van der Waals surface area contributed by atoms with Crippen molar-refractivity contribution in [2.75, 3.05) is 0 Å². The van der Waals surface area contributed by atoms with E-state index in [1.165, 1.54) is 13.8 Å². The van der Waals surface area contributed by atoms with Gasteiger partial charge in [0.05, 0.1) is 11.2 Å². The Balaban J connectivity index is 3.51. The smallest absolute Gasteiger partial charge is 0.386 e. The number of benzene rings is 1. The van der Waals surface area contributed by atoms with Gasteiger partial charge in [-0.25, -0.2) is 4.39 Å². The van der Waals surface area contributed by atoms with Crippen LogP contribution in [0.4, 0.5) is 17.6 Å². The van der Waals surface area contributed by atoms with Crippen LogP contribution >= 0.6 is 15.9 Å². The number of hydrogen-bond acceptors (Lipinski definition) is 1. The molecule has 1 rings (SSSR count). The molecule has 0 saturated carbocycles. The SMILES string of the molecule is CC(C)(O)c1cc(Br)cc(C(F)(F)F)c1F. The van der Waals surface area contributed by atoms with Crippen molar-refractivity contribution in [3.8, 4) is 0 Å². The van der Waals surface area contributed by atoms with Gasteiger partial charge in [0, 0.05) is 10.0 Å². The number of rotatable bonds is 1. The standard InChI is InChI=1S/C10H9BrF4O/c1-9(2,16)6-3-5(11)4-7(8(6)12)10(13,14)15/h3-4,16H,1-2H3. The van der Waals surface area contributed by atoms with Gasteiger partial charge in [0.15, 0.2) is 0 Å². The maximum atomic E-state index is 13.5. The summed E-state index contributed by atoms with van der Waals surface area (Å²) in [4.78, 5) is 0. The Labute approximate surface area is 98.2 Å². The molecule has 0 amide bonds. The van der Waals surface area contributed by atoms with Gasteiger partial charge in [-0.15, -0.1) is 0 Å². The first kappa shape index (κ1) is 13.4. The summed E-state index contributed by atoms with van der Waals surface area (Å²) >= 11 is 2.85. The van der Waals surface area contributed by atoms with Crippen LogP contribution in [0.25, 0.3) is 0 Å². The number of aliphatic hydroxyl groups is 1. The van der Waals surface area contributed by atoms with Crippen LogP contribution in [0.3, 0.4) is 0 Å². The highest BCUT2D eigenvalue weighted by atomic mass is 79.9. The summed E-state index contributed by atoms with van der Waals surface area (Å²) in [6.07, 6.45) is -4.78. The molecule has 0 aliphatic carbocycles. The fraction of sp³-hybridized carbons (Fsp3) is 0.400. The first-order chi connectivity index (χ1) is 7.03. The van der Waals surface area contributed by atoms with Crippen molar-refractivity contribution >= 4 is 15.9 Å². The second-order valence-electron chi connectivity index (χ2n) is 3.87. The van der Waals surface area contributed by atoms with Crippen LogP contribution in [0, 0.1) is 5.82 Å². The van der Waals surface area contributed by atoms with Crippen molar-refractivity contribution in [1.29, 1.82) is 0 Å². The van der Waals surface area contributed by atoms with E-state index in [0.717, 1.165) is 6.07 Å². The lowest BCUT2D eigenvalue weighted by Crippen LogP contribution is -2.20. The molecule has 1 aromatic carbocycles. The number of alkyl halides is 3.